The van der Waals surface area contributed by atoms with Crippen LogP contribution < -0.4 is 5.76 Å². The van der Waals surface area contributed by atoms with Gasteiger partial charge >= 0.3 is 5.76 Å². The third kappa shape index (κ3) is 1.53. The number of oxazole rings is 1. The molecule has 0 aliphatic rings. The lowest BCUT2D eigenvalue weighted by Gasteiger charge is -1.96. The third-order valence-electron chi connectivity index (χ3n) is 2.53. The number of aromatic nitrogens is 2. The average Bonchev–Trinajstić information content (AvgIpc) is 2.85. The van der Waals surface area contributed by atoms with Gasteiger partial charge in [-0.25, -0.2) is 9.78 Å². The Kier molecular flexibility index (Phi) is 2.05. The van der Waals surface area contributed by atoms with Crippen LogP contribution in [0.15, 0.2) is 32.8 Å². The predicted molar refractivity (Wildman–Crippen MR) is 64.2 cm³/mol. The van der Waals surface area contributed by atoms with Crippen LogP contribution in [-0.4, -0.2) is 14.7 Å². The molecule has 0 fully saturated rings. The van der Waals surface area contributed by atoms with Crippen molar-refractivity contribution in [2.24, 2.45) is 7.05 Å². The SMILES string of the molecule is Cn1c(=O)oc2cc(-c3nc(O)cs3)ccc21. The Bertz CT molecular complexity index is 754. The minimum atomic E-state index is -0.390. The molecule has 0 atom stereocenters. The molecule has 5 nitrogen and oxygen atoms in total. The van der Waals surface area contributed by atoms with Crippen LogP contribution in [0.5, 0.6) is 5.88 Å². The van der Waals surface area contributed by atoms with Gasteiger partial charge in [-0.3, -0.25) is 4.57 Å². The highest BCUT2D eigenvalue weighted by Gasteiger charge is 2.09. The molecular formula is C11H8N2O3S. The first-order valence-electron chi connectivity index (χ1n) is 4.89. The summed E-state index contributed by atoms with van der Waals surface area (Å²) in [5.41, 5.74) is 2.07. The van der Waals surface area contributed by atoms with Gasteiger partial charge in [0.05, 0.1) is 10.9 Å². The summed E-state index contributed by atoms with van der Waals surface area (Å²) >= 11 is 1.33. The molecule has 17 heavy (non-hydrogen) atoms. The molecule has 0 saturated heterocycles. The van der Waals surface area contributed by atoms with Gasteiger partial charge in [-0.2, -0.15) is 0 Å². The number of benzene rings is 1. The molecule has 1 aromatic carbocycles. The second-order valence-corrected chi connectivity index (χ2v) is 4.48. The molecule has 1 N–H and O–H groups in total. The Morgan fingerprint density at radius 3 is 3.00 bits per heavy atom. The number of aryl methyl sites for hydroxylation is 1. The minimum Gasteiger partial charge on any atom is -0.493 e. The lowest BCUT2D eigenvalue weighted by Crippen LogP contribution is -2.08. The molecule has 3 rings (SSSR count). The van der Waals surface area contributed by atoms with Gasteiger partial charge < -0.3 is 9.52 Å². The lowest BCUT2D eigenvalue weighted by molar-refractivity contribution is 0.458. The van der Waals surface area contributed by atoms with Gasteiger partial charge in [-0.1, -0.05) is 0 Å². The maximum absolute atomic E-state index is 11.3. The van der Waals surface area contributed by atoms with Gasteiger partial charge in [0.15, 0.2) is 5.58 Å². The van der Waals surface area contributed by atoms with Crippen LogP contribution in [0.2, 0.25) is 0 Å². The molecule has 0 saturated carbocycles. The number of aromatic hydroxyl groups is 1. The smallest absolute Gasteiger partial charge is 0.419 e. The van der Waals surface area contributed by atoms with E-state index in [-0.39, 0.29) is 11.6 Å². The van der Waals surface area contributed by atoms with Gasteiger partial charge in [0, 0.05) is 12.6 Å². The summed E-state index contributed by atoms with van der Waals surface area (Å²) in [7, 11) is 1.66. The van der Waals surface area contributed by atoms with Crippen molar-refractivity contribution in [1.29, 1.82) is 0 Å². The summed E-state index contributed by atoms with van der Waals surface area (Å²) < 4.78 is 6.53. The standard InChI is InChI=1S/C11H8N2O3S/c1-13-7-3-2-6(4-8(7)16-11(13)15)10-12-9(14)5-17-10/h2-5,14H,1H3. The molecular weight excluding hydrogens is 240 g/mol. The first-order chi connectivity index (χ1) is 8.15. The molecule has 6 heteroatoms. The van der Waals surface area contributed by atoms with E-state index in [9.17, 15) is 9.90 Å². The van der Waals surface area contributed by atoms with Crippen molar-refractivity contribution in [3.8, 4) is 16.5 Å². The zero-order chi connectivity index (χ0) is 12.0. The van der Waals surface area contributed by atoms with Crippen LogP contribution in [0, 0.1) is 0 Å². The first kappa shape index (κ1) is 10.1. The molecule has 2 heterocycles. The van der Waals surface area contributed by atoms with E-state index >= 15 is 0 Å². The molecule has 0 aliphatic heterocycles. The third-order valence-corrected chi connectivity index (χ3v) is 3.41. The normalized spacial score (nSPS) is 11.1. The molecule has 2 aromatic heterocycles. The van der Waals surface area contributed by atoms with Crippen LogP contribution >= 0.6 is 11.3 Å². The summed E-state index contributed by atoms with van der Waals surface area (Å²) in [6.07, 6.45) is 0. The molecule has 3 aromatic rings. The number of nitrogens with zero attached hydrogens (tertiary/aromatic N) is 2. The summed E-state index contributed by atoms with van der Waals surface area (Å²) in [4.78, 5) is 15.3. The van der Waals surface area contributed by atoms with E-state index in [0.29, 0.717) is 10.6 Å². The predicted octanol–water partition coefficient (Wildman–Crippen LogP) is 1.96. The van der Waals surface area contributed by atoms with Crippen molar-refractivity contribution in [2.75, 3.05) is 0 Å². The van der Waals surface area contributed by atoms with E-state index in [0.717, 1.165) is 11.1 Å². The number of hydrogen-bond donors (Lipinski definition) is 1. The Morgan fingerprint density at radius 1 is 1.47 bits per heavy atom. The fourth-order valence-corrected chi connectivity index (χ4v) is 2.34. The van der Waals surface area contributed by atoms with Crippen LogP contribution in [0.1, 0.15) is 0 Å². The number of thiazole rings is 1. The Balaban J connectivity index is 2.23. The number of hydrogen-bond acceptors (Lipinski definition) is 5. The highest BCUT2D eigenvalue weighted by molar-refractivity contribution is 7.13. The molecule has 0 aliphatic carbocycles. The minimum absolute atomic E-state index is 0.000360. The number of rotatable bonds is 1. The summed E-state index contributed by atoms with van der Waals surface area (Å²) in [5, 5.41) is 11.4. The van der Waals surface area contributed by atoms with Crippen molar-refractivity contribution in [2.45, 2.75) is 0 Å². The lowest BCUT2D eigenvalue weighted by atomic mass is 10.2. The topological polar surface area (TPSA) is 68.3 Å². The van der Waals surface area contributed by atoms with Gasteiger partial charge in [-0.15, -0.1) is 11.3 Å². The van der Waals surface area contributed by atoms with Crippen LogP contribution in [0.25, 0.3) is 21.7 Å². The van der Waals surface area contributed by atoms with Crippen molar-refractivity contribution in [3.63, 3.8) is 0 Å². The van der Waals surface area contributed by atoms with Crippen LogP contribution in [0.4, 0.5) is 0 Å². The fraction of sp³-hybridized carbons (Fsp3) is 0.0909. The fourth-order valence-electron chi connectivity index (χ4n) is 1.66. The monoisotopic (exact) mass is 248 g/mol. The zero-order valence-corrected chi connectivity index (χ0v) is 9.69. The highest BCUT2D eigenvalue weighted by atomic mass is 32.1. The first-order valence-corrected chi connectivity index (χ1v) is 5.77. The summed E-state index contributed by atoms with van der Waals surface area (Å²) in [6, 6.07) is 5.39. The second-order valence-electron chi connectivity index (χ2n) is 3.62. The van der Waals surface area contributed by atoms with Crippen LogP contribution in [-0.2, 0) is 7.05 Å². The van der Waals surface area contributed by atoms with E-state index < -0.39 is 0 Å². The number of fused-ring (bicyclic) bond motifs is 1. The molecule has 86 valence electrons. The molecule has 0 radical (unpaired) electrons. The average molecular weight is 248 g/mol. The maximum atomic E-state index is 11.3. The van der Waals surface area contributed by atoms with Crippen molar-refractivity contribution >= 4 is 22.4 Å². The van der Waals surface area contributed by atoms with Crippen LogP contribution in [0.3, 0.4) is 0 Å². The van der Waals surface area contributed by atoms with E-state index in [1.165, 1.54) is 15.9 Å². The molecule has 0 spiro atoms. The van der Waals surface area contributed by atoms with E-state index in [1.807, 2.05) is 6.07 Å². The van der Waals surface area contributed by atoms with Gasteiger partial charge in [0.25, 0.3) is 0 Å². The van der Waals surface area contributed by atoms with Gasteiger partial charge in [0.2, 0.25) is 5.88 Å². The summed E-state index contributed by atoms with van der Waals surface area (Å²) in [6.45, 7) is 0. The highest BCUT2D eigenvalue weighted by Crippen LogP contribution is 2.28. The molecule has 0 bridgehead atoms. The Labute approximate surface area is 99.6 Å². The maximum Gasteiger partial charge on any atom is 0.419 e. The molecule has 0 unspecified atom stereocenters. The summed E-state index contributed by atoms with van der Waals surface area (Å²) in [5.74, 6) is -0.390. The van der Waals surface area contributed by atoms with Gasteiger partial charge in [0.1, 0.15) is 5.01 Å². The van der Waals surface area contributed by atoms with E-state index in [2.05, 4.69) is 4.98 Å². The van der Waals surface area contributed by atoms with E-state index in [1.54, 1.807) is 24.6 Å². The quantitative estimate of drug-likeness (QED) is 0.714. The Morgan fingerprint density at radius 2 is 2.29 bits per heavy atom. The second kappa shape index (κ2) is 3.46. The van der Waals surface area contributed by atoms with E-state index in [4.69, 9.17) is 4.42 Å². The largest absolute Gasteiger partial charge is 0.493 e. The van der Waals surface area contributed by atoms with Gasteiger partial charge in [-0.05, 0) is 18.2 Å². The van der Waals surface area contributed by atoms with Crippen molar-refractivity contribution in [3.05, 3.63) is 34.1 Å². The zero-order valence-electron chi connectivity index (χ0n) is 8.88. The van der Waals surface area contributed by atoms with Crippen molar-refractivity contribution < 1.29 is 9.52 Å². The molecule has 0 amide bonds. The Hall–Kier alpha value is -2.08. The van der Waals surface area contributed by atoms with Crippen molar-refractivity contribution in [1.82, 2.24) is 9.55 Å².